The summed E-state index contributed by atoms with van der Waals surface area (Å²) in [4.78, 5) is 11.8. The van der Waals surface area contributed by atoms with Gasteiger partial charge in [-0.2, -0.15) is 5.10 Å². The van der Waals surface area contributed by atoms with Crippen LogP contribution in [0.1, 0.15) is 38.1 Å². The van der Waals surface area contributed by atoms with Crippen LogP contribution in [0.4, 0.5) is 0 Å². The van der Waals surface area contributed by atoms with Crippen molar-refractivity contribution in [2.75, 3.05) is 0 Å². The molecule has 1 aromatic rings. The Kier molecular flexibility index (Phi) is 5.15. The van der Waals surface area contributed by atoms with E-state index in [0.717, 1.165) is 12.1 Å². The minimum absolute atomic E-state index is 0.147. The van der Waals surface area contributed by atoms with Crippen molar-refractivity contribution in [3.63, 3.8) is 0 Å². The number of aryl methyl sites for hydroxylation is 2. The molecule has 0 radical (unpaired) electrons. The zero-order valence-electron chi connectivity index (χ0n) is 10.5. The van der Waals surface area contributed by atoms with Crippen LogP contribution >= 0.6 is 11.6 Å². The number of rotatable bonds is 6. The first-order valence-corrected chi connectivity index (χ1v) is 6.31. The first kappa shape index (κ1) is 14.2. The largest absolute Gasteiger partial charge is 0.385 e. The molecule has 1 unspecified atom stereocenters. The lowest BCUT2D eigenvalue weighted by Crippen LogP contribution is -2.23. The molecule has 0 aliphatic heterocycles. The number of hydrogen-bond acceptors (Lipinski definition) is 3. The average Bonchev–Trinajstić information content (AvgIpc) is 2.57. The van der Waals surface area contributed by atoms with Gasteiger partial charge in [-0.25, -0.2) is 0 Å². The van der Waals surface area contributed by atoms with Crippen LogP contribution in [0.3, 0.4) is 0 Å². The van der Waals surface area contributed by atoms with Gasteiger partial charge in [0.2, 0.25) is 0 Å². The summed E-state index contributed by atoms with van der Waals surface area (Å²) in [5.41, 5.74) is 1.42. The number of hydrogen-bond donors (Lipinski definition) is 1. The molecule has 0 aromatic carbocycles. The van der Waals surface area contributed by atoms with E-state index >= 15 is 0 Å². The van der Waals surface area contributed by atoms with Gasteiger partial charge in [-0.1, -0.05) is 24.9 Å². The normalized spacial score (nSPS) is 12.8. The second kappa shape index (κ2) is 6.17. The molecule has 1 N–H and O–H groups in total. The van der Waals surface area contributed by atoms with Crippen molar-refractivity contribution in [1.29, 1.82) is 0 Å². The molecule has 0 spiro atoms. The van der Waals surface area contributed by atoms with Gasteiger partial charge in [-0.3, -0.25) is 9.48 Å². The Balaban J connectivity index is 2.84. The Morgan fingerprint density at radius 1 is 1.53 bits per heavy atom. The van der Waals surface area contributed by atoms with E-state index in [-0.39, 0.29) is 12.2 Å². The Labute approximate surface area is 107 Å². The summed E-state index contributed by atoms with van der Waals surface area (Å²) in [6.07, 6.45) is 0.536. The smallest absolute Gasteiger partial charge is 0.167 e. The number of ketones is 1. The first-order chi connectivity index (χ1) is 8.01. The van der Waals surface area contributed by atoms with Crippen LogP contribution in [-0.2, 0) is 17.8 Å². The van der Waals surface area contributed by atoms with E-state index in [1.807, 2.05) is 20.8 Å². The Morgan fingerprint density at radius 2 is 2.18 bits per heavy atom. The second-order valence-electron chi connectivity index (χ2n) is 4.11. The highest BCUT2D eigenvalue weighted by atomic mass is 35.5. The summed E-state index contributed by atoms with van der Waals surface area (Å²) in [6, 6.07) is 0. The van der Waals surface area contributed by atoms with Gasteiger partial charge in [0.05, 0.1) is 22.8 Å². The maximum absolute atomic E-state index is 11.8. The molecule has 0 fully saturated rings. The average molecular weight is 259 g/mol. The van der Waals surface area contributed by atoms with Gasteiger partial charge in [-0.05, 0) is 20.3 Å². The third kappa shape index (κ3) is 3.30. The lowest BCUT2D eigenvalue weighted by molar-refractivity contribution is -0.126. The molecule has 1 aromatic heterocycles. The van der Waals surface area contributed by atoms with Gasteiger partial charge in [0.15, 0.2) is 5.78 Å². The summed E-state index contributed by atoms with van der Waals surface area (Å²) >= 11 is 6.10. The third-order valence-corrected chi connectivity index (χ3v) is 3.22. The monoisotopic (exact) mass is 258 g/mol. The summed E-state index contributed by atoms with van der Waals surface area (Å²) in [5.74, 6) is -0.191. The molecule has 96 valence electrons. The van der Waals surface area contributed by atoms with Crippen molar-refractivity contribution in [2.45, 2.75) is 52.7 Å². The molecule has 1 rings (SSSR count). The Bertz CT molecular complexity index is 401. The molecule has 0 aliphatic rings. The fourth-order valence-corrected chi connectivity index (χ4v) is 1.96. The van der Waals surface area contributed by atoms with Crippen LogP contribution in [0.25, 0.3) is 0 Å². The van der Waals surface area contributed by atoms with Crippen molar-refractivity contribution in [2.24, 2.45) is 0 Å². The fourth-order valence-electron chi connectivity index (χ4n) is 1.76. The molecule has 1 heterocycles. The quantitative estimate of drug-likeness (QED) is 0.851. The highest BCUT2D eigenvalue weighted by molar-refractivity contribution is 6.32. The molecule has 0 bridgehead atoms. The van der Waals surface area contributed by atoms with Crippen molar-refractivity contribution in [3.05, 3.63) is 16.4 Å². The molecule has 1 atom stereocenters. The molecular weight excluding hydrogens is 240 g/mol. The highest BCUT2D eigenvalue weighted by Gasteiger charge is 2.20. The van der Waals surface area contributed by atoms with Crippen LogP contribution in [0.5, 0.6) is 0 Å². The van der Waals surface area contributed by atoms with Crippen molar-refractivity contribution >= 4 is 17.4 Å². The van der Waals surface area contributed by atoms with Crippen LogP contribution < -0.4 is 0 Å². The molecular formula is C12H19ClN2O2. The standard InChI is InChI=1S/C12H19ClN2O2/c1-4-6-10(16)11(17)7-9-12(13)8(3)14-15(9)5-2/h10,16H,4-7H2,1-3H3. The van der Waals surface area contributed by atoms with Gasteiger partial charge in [0.1, 0.15) is 6.10 Å². The zero-order chi connectivity index (χ0) is 13.0. The summed E-state index contributed by atoms with van der Waals surface area (Å²) in [5, 5.41) is 14.4. The van der Waals surface area contributed by atoms with E-state index in [2.05, 4.69) is 5.10 Å². The second-order valence-corrected chi connectivity index (χ2v) is 4.49. The SMILES string of the molecule is CCCC(O)C(=O)Cc1c(Cl)c(C)nn1CC. The Hall–Kier alpha value is -0.870. The van der Waals surface area contributed by atoms with Gasteiger partial charge in [0.25, 0.3) is 0 Å². The molecule has 5 heteroatoms. The number of carbonyl (C=O) groups excluding carboxylic acids is 1. The predicted molar refractivity (Wildman–Crippen MR) is 67.3 cm³/mol. The van der Waals surface area contributed by atoms with Gasteiger partial charge < -0.3 is 5.11 Å². The predicted octanol–water partition coefficient (Wildman–Crippen LogP) is 2.14. The number of halogens is 1. The number of carbonyl (C=O) groups is 1. The molecule has 0 amide bonds. The molecule has 0 aliphatic carbocycles. The van der Waals surface area contributed by atoms with E-state index in [0.29, 0.717) is 23.7 Å². The van der Waals surface area contributed by atoms with E-state index in [1.165, 1.54) is 0 Å². The maximum atomic E-state index is 11.8. The minimum Gasteiger partial charge on any atom is -0.385 e. The van der Waals surface area contributed by atoms with Crippen LogP contribution in [0.15, 0.2) is 0 Å². The summed E-state index contributed by atoms with van der Waals surface area (Å²) in [7, 11) is 0. The minimum atomic E-state index is -0.892. The number of nitrogens with zero attached hydrogens (tertiary/aromatic N) is 2. The number of Topliss-reactive ketones (excluding diaryl/α,β-unsaturated/α-hetero) is 1. The summed E-state index contributed by atoms with van der Waals surface area (Å²) < 4.78 is 1.72. The zero-order valence-corrected chi connectivity index (χ0v) is 11.3. The lowest BCUT2D eigenvalue weighted by Gasteiger charge is -2.09. The highest BCUT2D eigenvalue weighted by Crippen LogP contribution is 2.21. The number of aliphatic hydroxyl groups is 1. The van der Waals surface area contributed by atoms with E-state index in [1.54, 1.807) is 4.68 Å². The Morgan fingerprint density at radius 3 is 2.71 bits per heavy atom. The van der Waals surface area contributed by atoms with Crippen molar-refractivity contribution in [3.8, 4) is 0 Å². The van der Waals surface area contributed by atoms with Gasteiger partial charge in [0, 0.05) is 6.54 Å². The van der Waals surface area contributed by atoms with Crippen LogP contribution in [0, 0.1) is 6.92 Å². The number of aromatic nitrogens is 2. The first-order valence-electron chi connectivity index (χ1n) is 5.93. The van der Waals surface area contributed by atoms with E-state index in [4.69, 9.17) is 11.6 Å². The van der Waals surface area contributed by atoms with Crippen LogP contribution in [-0.4, -0.2) is 26.8 Å². The fraction of sp³-hybridized carbons (Fsp3) is 0.667. The molecule has 0 saturated heterocycles. The summed E-state index contributed by atoms with van der Waals surface area (Å²) in [6.45, 7) is 6.36. The van der Waals surface area contributed by atoms with Crippen LogP contribution in [0.2, 0.25) is 5.02 Å². The van der Waals surface area contributed by atoms with Gasteiger partial charge in [-0.15, -0.1) is 0 Å². The van der Waals surface area contributed by atoms with Gasteiger partial charge >= 0.3 is 0 Å². The lowest BCUT2D eigenvalue weighted by atomic mass is 10.1. The molecule has 17 heavy (non-hydrogen) atoms. The number of aliphatic hydroxyl groups excluding tert-OH is 1. The maximum Gasteiger partial charge on any atom is 0.167 e. The third-order valence-electron chi connectivity index (χ3n) is 2.73. The van der Waals surface area contributed by atoms with Crippen molar-refractivity contribution < 1.29 is 9.90 Å². The van der Waals surface area contributed by atoms with E-state index in [9.17, 15) is 9.90 Å². The van der Waals surface area contributed by atoms with E-state index < -0.39 is 6.10 Å². The topological polar surface area (TPSA) is 55.1 Å². The molecule has 0 saturated carbocycles. The molecule has 4 nitrogen and oxygen atoms in total. The van der Waals surface area contributed by atoms with Crippen molar-refractivity contribution in [1.82, 2.24) is 9.78 Å².